The van der Waals surface area contributed by atoms with Crippen LogP contribution >= 0.6 is 15.9 Å². The molecule has 9 nitrogen and oxygen atoms in total. The fraction of sp³-hybridized carbons (Fsp3) is 0.200. The van der Waals surface area contributed by atoms with Gasteiger partial charge in [-0.1, -0.05) is 46.3 Å². The molecule has 0 unspecified atom stereocenters. The second kappa shape index (κ2) is 12.0. The summed E-state index contributed by atoms with van der Waals surface area (Å²) in [6.45, 7) is -0.560. The molecule has 3 aromatic carbocycles. The molecule has 0 bridgehead atoms. The lowest BCUT2D eigenvalue weighted by atomic mass is 10.1. The van der Waals surface area contributed by atoms with Crippen LogP contribution in [0.4, 0.5) is 5.69 Å². The molecule has 0 aromatic heterocycles. The smallest absolute Gasteiger partial charge is 0.340 e. The number of nitrogens with zero attached hydrogens (tertiary/aromatic N) is 1. The SMILES string of the molecule is COC(=O)c1cc(OC)c(OC)cc1NC(=O)CN(Cc1ccc(Br)cc1)S(=O)(=O)c1ccccc1. The van der Waals surface area contributed by atoms with Gasteiger partial charge in [0.1, 0.15) is 0 Å². The summed E-state index contributed by atoms with van der Waals surface area (Å²) in [7, 11) is -0.00279. The van der Waals surface area contributed by atoms with E-state index in [4.69, 9.17) is 14.2 Å². The third-order valence-electron chi connectivity index (χ3n) is 5.18. The number of nitrogens with one attached hydrogen (secondary N) is 1. The van der Waals surface area contributed by atoms with Crippen LogP contribution in [0.2, 0.25) is 0 Å². The van der Waals surface area contributed by atoms with Gasteiger partial charge in [0, 0.05) is 23.2 Å². The molecule has 0 spiro atoms. The van der Waals surface area contributed by atoms with Crippen LogP contribution in [0.25, 0.3) is 0 Å². The van der Waals surface area contributed by atoms with Crippen molar-refractivity contribution in [2.24, 2.45) is 0 Å². The Bertz CT molecular complexity index is 1330. The molecule has 3 aromatic rings. The summed E-state index contributed by atoms with van der Waals surface area (Å²) >= 11 is 3.36. The first-order valence-corrected chi connectivity index (χ1v) is 12.9. The van der Waals surface area contributed by atoms with Gasteiger partial charge in [0.05, 0.1) is 44.0 Å². The van der Waals surface area contributed by atoms with Crippen LogP contribution in [0.15, 0.2) is 76.1 Å². The van der Waals surface area contributed by atoms with E-state index in [0.29, 0.717) is 5.56 Å². The van der Waals surface area contributed by atoms with Gasteiger partial charge in [0.2, 0.25) is 15.9 Å². The Kier molecular flexibility index (Phi) is 9.08. The zero-order chi connectivity index (χ0) is 26.3. The molecule has 0 radical (unpaired) electrons. The average molecular weight is 577 g/mol. The Balaban J connectivity index is 1.95. The summed E-state index contributed by atoms with van der Waals surface area (Å²) in [4.78, 5) is 25.5. The van der Waals surface area contributed by atoms with Gasteiger partial charge in [-0.15, -0.1) is 0 Å². The number of anilines is 1. The number of ether oxygens (including phenoxy) is 3. The molecule has 0 aliphatic carbocycles. The summed E-state index contributed by atoms with van der Waals surface area (Å²) in [5, 5.41) is 2.61. The van der Waals surface area contributed by atoms with Crippen molar-refractivity contribution in [3.05, 3.63) is 82.3 Å². The number of halogens is 1. The molecule has 36 heavy (non-hydrogen) atoms. The van der Waals surface area contributed by atoms with Gasteiger partial charge >= 0.3 is 5.97 Å². The van der Waals surface area contributed by atoms with E-state index in [1.165, 1.54) is 45.6 Å². The van der Waals surface area contributed by atoms with Gasteiger partial charge < -0.3 is 19.5 Å². The second-order valence-electron chi connectivity index (χ2n) is 7.51. The van der Waals surface area contributed by atoms with E-state index in [-0.39, 0.29) is 34.2 Å². The van der Waals surface area contributed by atoms with E-state index in [1.807, 2.05) is 0 Å². The molecule has 0 saturated heterocycles. The molecule has 3 rings (SSSR count). The largest absolute Gasteiger partial charge is 0.493 e. The van der Waals surface area contributed by atoms with E-state index >= 15 is 0 Å². The first-order chi connectivity index (χ1) is 17.2. The minimum Gasteiger partial charge on any atom is -0.493 e. The molecule has 1 amide bonds. The highest BCUT2D eigenvalue weighted by molar-refractivity contribution is 9.10. The fourth-order valence-corrected chi connectivity index (χ4v) is 5.04. The van der Waals surface area contributed by atoms with Crippen LogP contribution in [0.5, 0.6) is 11.5 Å². The molecule has 0 saturated carbocycles. The Morgan fingerprint density at radius 3 is 2.11 bits per heavy atom. The third kappa shape index (κ3) is 6.42. The highest BCUT2D eigenvalue weighted by atomic mass is 79.9. The van der Waals surface area contributed by atoms with Crippen LogP contribution < -0.4 is 14.8 Å². The van der Waals surface area contributed by atoms with Crippen molar-refractivity contribution in [2.75, 3.05) is 33.2 Å². The van der Waals surface area contributed by atoms with Crippen molar-refractivity contribution in [1.82, 2.24) is 4.31 Å². The number of methoxy groups -OCH3 is 3. The number of amides is 1. The Morgan fingerprint density at radius 2 is 1.53 bits per heavy atom. The van der Waals surface area contributed by atoms with E-state index < -0.39 is 28.4 Å². The van der Waals surface area contributed by atoms with Crippen LogP contribution in [0, 0.1) is 0 Å². The first kappa shape index (κ1) is 27.2. The van der Waals surface area contributed by atoms with E-state index in [1.54, 1.807) is 42.5 Å². The third-order valence-corrected chi connectivity index (χ3v) is 7.51. The molecule has 190 valence electrons. The molecular formula is C25H25BrN2O7S. The van der Waals surface area contributed by atoms with Gasteiger partial charge in [-0.05, 0) is 29.8 Å². The van der Waals surface area contributed by atoms with Crippen molar-refractivity contribution in [2.45, 2.75) is 11.4 Å². The molecule has 1 N–H and O–H groups in total. The van der Waals surface area contributed by atoms with Crippen LogP contribution in [-0.2, 0) is 26.1 Å². The van der Waals surface area contributed by atoms with E-state index in [0.717, 1.165) is 8.78 Å². The fourth-order valence-electron chi connectivity index (χ4n) is 3.37. The maximum Gasteiger partial charge on any atom is 0.340 e. The predicted octanol–water partition coefficient (Wildman–Crippen LogP) is 4.08. The number of benzene rings is 3. The summed E-state index contributed by atoms with van der Waals surface area (Å²) in [6, 6.07) is 17.7. The molecule has 0 atom stereocenters. The number of hydrogen-bond acceptors (Lipinski definition) is 7. The second-order valence-corrected chi connectivity index (χ2v) is 10.4. The van der Waals surface area contributed by atoms with Gasteiger partial charge in [-0.3, -0.25) is 4.79 Å². The Hall–Kier alpha value is -3.41. The maximum atomic E-state index is 13.4. The van der Waals surface area contributed by atoms with Crippen LogP contribution in [0.1, 0.15) is 15.9 Å². The number of sulfonamides is 1. The lowest BCUT2D eigenvalue weighted by Gasteiger charge is -2.22. The highest BCUT2D eigenvalue weighted by Crippen LogP contribution is 2.34. The Morgan fingerprint density at radius 1 is 0.917 bits per heavy atom. The standard InChI is InChI=1S/C25H25BrN2O7S/c1-33-22-13-20(25(30)35-3)21(14-23(22)34-2)27-24(29)16-28(15-17-9-11-18(26)12-10-17)36(31,32)19-7-5-4-6-8-19/h4-14H,15-16H2,1-3H3,(H,27,29). The van der Waals surface area contributed by atoms with E-state index in [9.17, 15) is 18.0 Å². The summed E-state index contributed by atoms with van der Waals surface area (Å²) in [6.07, 6.45) is 0. The monoisotopic (exact) mass is 576 g/mol. The number of hydrogen-bond donors (Lipinski definition) is 1. The highest BCUT2D eigenvalue weighted by Gasteiger charge is 2.28. The number of carbonyl (C=O) groups is 2. The predicted molar refractivity (Wildman–Crippen MR) is 138 cm³/mol. The number of carbonyl (C=O) groups excluding carboxylic acids is 2. The van der Waals surface area contributed by atoms with Gasteiger partial charge in [0.15, 0.2) is 11.5 Å². The van der Waals surface area contributed by atoms with Gasteiger partial charge in [-0.2, -0.15) is 4.31 Å². The maximum absolute atomic E-state index is 13.4. The van der Waals surface area contributed by atoms with Crippen molar-refractivity contribution < 1.29 is 32.2 Å². The zero-order valence-corrected chi connectivity index (χ0v) is 22.3. The van der Waals surface area contributed by atoms with Crippen LogP contribution in [0.3, 0.4) is 0 Å². The van der Waals surface area contributed by atoms with Crippen molar-refractivity contribution in [3.8, 4) is 11.5 Å². The topological polar surface area (TPSA) is 111 Å². The summed E-state index contributed by atoms with van der Waals surface area (Å²) in [5.41, 5.74) is 0.797. The average Bonchev–Trinajstić information content (AvgIpc) is 2.89. The number of esters is 1. The Labute approximate surface area is 218 Å². The molecular weight excluding hydrogens is 552 g/mol. The molecule has 0 aliphatic heterocycles. The van der Waals surface area contributed by atoms with Crippen molar-refractivity contribution in [3.63, 3.8) is 0 Å². The van der Waals surface area contributed by atoms with Crippen molar-refractivity contribution in [1.29, 1.82) is 0 Å². The minimum atomic E-state index is -4.03. The lowest BCUT2D eigenvalue weighted by Crippen LogP contribution is -2.37. The molecule has 0 fully saturated rings. The van der Waals surface area contributed by atoms with Gasteiger partial charge in [0.25, 0.3) is 0 Å². The van der Waals surface area contributed by atoms with Gasteiger partial charge in [-0.25, -0.2) is 13.2 Å². The number of rotatable bonds is 10. The first-order valence-electron chi connectivity index (χ1n) is 10.6. The molecule has 0 aliphatic rings. The van der Waals surface area contributed by atoms with E-state index in [2.05, 4.69) is 21.2 Å². The lowest BCUT2D eigenvalue weighted by molar-refractivity contribution is -0.116. The molecule has 0 heterocycles. The van der Waals surface area contributed by atoms with Crippen molar-refractivity contribution >= 4 is 43.5 Å². The molecule has 11 heteroatoms. The van der Waals surface area contributed by atoms with Crippen LogP contribution in [-0.4, -0.2) is 52.5 Å². The summed E-state index contributed by atoms with van der Waals surface area (Å²) < 4.78 is 44.1. The quantitative estimate of drug-likeness (QED) is 0.362. The zero-order valence-electron chi connectivity index (χ0n) is 19.9. The minimum absolute atomic E-state index is 0.0221. The summed E-state index contributed by atoms with van der Waals surface area (Å²) in [5.74, 6) is -0.845. The normalized spacial score (nSPS) is 11.1.